The van der Waals surface area contributed by atoms with Gasteiger partial charge in [0.05, 0.1) is 0 Å². The van der Waals surface area contributed by atoms with Crippen LogP contribution in [0.25, 0.3) is 0 Å². The van der Waals surface area contributed by atoms with E-state index in [1.165, 1.54) is 0 Å². The number of Topliss-reactive ketones (excluding diaryl/α,β-unsaturated/α-hetero) is 1. The second-order valence-corrected chi connectivity index (χ2v) is 2.76. The molecule has 0 saturated heterocycles. The number of hydrogen-bond acceptors (Lipinski definition) is 2. The lowest BCUT2D eigenvalue weighted by atomic mass is 9.92. The van der Waals surface area contributed by atoms with Crippen molar-refractivity contribution in [3.63, 3.8) is 0 Å². The molecule has 2 heteroatoms. The Morgan fingerprint density at radius 3 is 2.90 bits per heavy atom. The molecule has 0 saturated carbocycles. The summed E-state index contributed by atoms with van der Waals surface area (Å²) >= 11 is 0. The molecule has 0 aliphatic heterocycles. The second kappa shape index (κ2) is 2.78. The highest BCUT2D eigenvalue weighted by atomic mass is 16.1. The maximum Gasteiger partial charge on any atom is 0.146 e. The van der Waals surface area contributed by atoms with Gasteiger partial charge in [0.25, 0.3) is 0 Å². The molecule has 0 heterocycles. The summed E-state index contributed by atoms with van der Waals surface area (Å²) in [6.45, 7) is 1.94. The van der Waals surface area contributed by atoms with Crippen molar-refractivity contribution >= 4 is 12.1 Å². The van der Waals surface area contributed by atoms with Crippen LogP contribution in [-0.2, 0) is 9.59 Å². The molecule has 1 rings (SSSR count). The maximum absolute atomic E-state index is 10.8. The minimum absolute atomic E-state index is 0.178. The zero-order valence-corrected chi connectivity index (χ0v) is 5.96. The fourth-order valence-electron chi connectivity index (χ4n) is 1.22. The largest absolute Gasteiger partial charge is 0.299 e. The SMILES string of the molecule is CC1C=C(C=O)CC(=O)C1. The molecule has 0 aromatic rings. The molecule has 1 aliphatic rings. The van der Waals surface area contributed by atoms with Gasteiger partial charge in [0.1, 0.15) is 12.1 Å². The molecule has 10 heavy (non-hydrogen) atoms. The Hall–Kier alpha value is -0.920. The predicted molar refractivity (Wildman–Crippen MR) is 37.6 cm³/mol. The van der Waals surface area contributed by atoms with Crippen molar-refractivity contribution in [1.82, 2.24) is 0 Å². The molecule has 0 amide bonds. The Bertz CT molecular complexity index is 191. The number of carbonyl (C=O) groups excluding carboxylic acids is 2. The number of aldehydes is 1. The maximum atomic E-state index is 10.8. The van der Waals surface area contributed by atoms with Crippen LogP contribution in [0.15, 0.2) is 11.6 Å². The van der Waals surface area contributed by atoms with Crippen molar-refractivity contribution in [1.29, 1.82) is 0 Å². The van der Waals surface area contributed by atoms with E-state index in [0.717, 1.165) is 6.29 Å². The molecule has 0 radical (unpaired) electrons. The van der Waals surface area contributed by atoms with Crippen molar-refractivity contribution < 1.29 is 9.59 Å². The third-order valence-electron chi connectivity index (χ3n) is 1.60. The molecule has 1 aliphatic carbocycles. The van der Waals surface area contributed by atoms with Gasteiger partial charge >= 0.3 is 0 Å². The van der Waals surface area contributed by atoms with Crippen LogP contribution in [0.5, 0.6) is 0 Å². The summed E-state index contributed by atoms with van der Waals surface area (Å²) in [7, 11) is 0. The summed E-state index contributed by atoms with van der Waals surface area (Å²) in [6, 6.07) is 0. The van der Waals surface area contributed by atoms with Crippen LogP contribution in [0.4, 0.5) is 0 Å². The second-order valence-electron chi connectivity index (χ2n) is 2.76. The fraction of sp³-hybridized carbons (Fsp3) is 0.500. The Balaban J connectivity index is 2.74. The van der Waals surface area contributed by atoms with Crippen molar-refractivity contribution in [3.05, 3.63) is 11.6 Å². The van der Waals surface area contributed by atoms with Crippen molar-refractivity contribution in [2.45, 2.75) is 19.8 Å². The molecule has 2 nitrogen and oxygen atoms in total. The molecule has 0 N–H and O–H groups in total. The molecule has 0 aromatic heterocycles. The molecular weight excluding hydrogens is 128 g/mol. The van der Waals surface area contributed by atoms with E-state index in [1.54, 1.807) is 0 Å². The van der Waals surface area contributed by atoms with Gasteiger partial charge < -0.3 is 0 Å². The molecular formula is C8H10O2. The van der Waals surface area contributed by atoms with E-state index in [1.807, 2.05) is 13.0 Å². The lowest BCUT2D eigenvalue weighted by Gasteiger charge is -2.12. The molecule has 0 spiro atoms. The first kappa shape index (κ1) is 7.19. The summed E-state index contributed by atoms with van der Waals surface area (Å²) in [5.74, 6) is 0.429. The van der Waals surface area contributed by atoms with E-state index < -0.39 is 0 Å². The predicted octanol–water partition coefficient (Wildman–Crippen LogP) is 1.11. The van der Waals surface area contributed by atoms with E-state index >= 15 is 0 Å². The van der Waals surface area contributed by atoms with Crippen molar-refractivity contribution in [2.75, 3.05) is 0 Å². The number of hydrogen-bond donors (Lipinski definition) is 0. The van der Waals surface area contributed by atoms with Crippen LogP contribution in [0, 0.1) is 5.92 Å². The third kappa shape index (κ3) is 1.53. The zero-order valence-electron chi connectivity index (χ0n) is 5.96. The summed E-state index contributed by atoms with van der Waals surface area (Å²) < 4.78 is 0. The minimum Gasteiger partial charge on any atom is -0.299 e. The van der Waals surface area contributed by atoms with Crippen LogP contribution < -0.4 is 0 Å². The molecule has 1 unspecified atom stereocenters. The van der Waals surface area contributed by atoms with Crippen LogP contribution in [0.3, 0.4) is 0 Å². The summed E-state index contributed by atoms with van der Waals surface area (Å²) in [4.78, 5) is 21.1. The van der Waals surface area contributed by atoms with Gasteiger partial charge in [0, 0.05) is 12.8 Å². The van der Waals surface area contributed by atoms with Gasteiger partial charge in [-0.25, -0.2) is 0 Å². The zero-order chi connectivity index (χ0) is 7.56. The Kier molecular flexibility index (Phi) is 2.00. The first-order chi connectivity index (χ1) is 4.72. The van der Waals surface area contributed by atoms with Gasteiger partial charge in [-0.05, 0) is 11.5 Å². The Morgan fingerprint density at radius 2 is 2.40 bits per heavy atom. The van der Waals surface area contributed by atoms with Crippen molar-refractivity contribution in [2.24, 2.45) is 5.92 Å². The van der Waals surface area contributed by atoms with E-state index in [2.05, 4.69) is 0 Å². The molecule has 0 fully saturated rings. The fourth-order valence-corrected chi connectivity index (χ4v) is 1.22. The lowest BCUT2D eigenvalue weighted by molar-refractivity contribution is -0.120. The van der Waals surface area contributed by atoms with Gasteiger partial charge in [-0.3, -0.25) is 9.59 Å². The summed E-state index contributed by atoms with van der Waals surface area (Å²) in [6.07, 6.45) is 3.58. The first-order valence-corrected chi connectivity index (χ1v) is 3.40. The van der Waals surface area contributed by atoms with Gasteiger partial charge in [-0.2, -0.15) is 0 Å². The smallest absolute Gasteiger partial charge is 0.146 e. The topological polar surface area (TPSA) is 34.1 Å². The highest BCUT2D eigenvalue weighted by Gasteiger charge is 2.15. The highest BCUT2D eigenvalue weighted by molar-refractivity contribution is 5.90. The van der Waals surface area contributed by atoms with Gasteiger partial charge in [0.2, 0.25) is 0 Å². The van der Waals surface area contributed by atoms with Crippen LogP contribution in [0.1, 0.15) is 19.8 Å². The number of carbonyl (C=O) groups is 2. The average molecular weight is 138 g/mol. The van der Waals surface area contributed by atoms with Crippen molar-refractivity contribution in [3.8, 4) is 0 Å². The monoisotopic (exact) mass is 138 g/mol. The van der Waals surface area contributed by atoms with Gasteiger partial charge in [-0.15, -0.1) is 0 Å². The third-order valence-corrected chi connectivity index (χ3v) is 1.60. The van der Waals surface area contributed by atoms with Gasteiger partial charge in [-0.1, -0.05) is 13.0 Å². The molecule has 0 bridgehead atoms. The van der Waals surface area contributed by atoms with E-state index in [4.69, 9.17) is 0 Å². The van der Waals surface area contributed by atoms with Crippen LogP contribution in [-0.4, -0.2) is 12.1 Å². The van der Waals surface area contributed by atoms with E-state index in [-0.39, 0.29) is 11.7 Å². The van der Waals surface area contributed by atoms with E-state index in [0.29, 0.717) is 18.4 Å². The lowest BCUT2D eigenvalue weighted by Crippen LogP contribution is -2.11. The average Bonchev–Trinajstić information content (AvgIpc) is 1.85. The number of allylic oxidation sites excluding steroid dienone is 2. The Morgan fingerprint density at radius 1 is 1.70 bits per heavy atom. The number of ketones is 1. The first-order valence-electron chi connectivity index (χ1n) is 3.40. The standard InChI is InChI=1S/C8H10O2/c1-6-2-7(5-9)4-8(10)3-6/h2,5-6H,3-4H2,1H3. The minimum atomic E-state index is 0.178. The highest BCUT2D eigenvalue weighted by Crippen LogP contribution is 2.17. The van der Waals surface area contributed by atoms with E-state index in [9.17, 15) is 9.59 Å². The molecule has 54 valence electrons. The van der Waals surface area contributed by atoms with Crippen LogP contribution >= 0.6 is 0 Å². The molecule has 0 aromatic carbocycles. The Labute approximate surface area is 59.9 Å². The summed E-state index contributed by atoms with van der Waals surface area (Å²) in [5.41, 5.74) is 0.642. The van der Waals surface area contributed by atoms with Gasteiger partial charge in [0.15, 0.2) is 0 Å². The summed E-state index contributed by atoms with van der Waals surface area (Å²) in [5, 5.41) is 0. The molecule has 1 atom stereocenters. The quantitative estimate of drug-likeness (QED) is 0.508. The normalized spacial score (nSPS) is 25.9. The number of rotatable bonds is 1. The van der Waals surface area contributed by atoms with Crippen LogP contribution in [0.2, 0.25) is 0 Å².